The van der Waals surface area contributed by atoms with Crippen LogP contribution in [0.2, 0.25) is 0 Å². The number of ether oxygens (including phenoxy) is 1. The zero-order valence-electron chi connectivity index (χ0n) is 14.9. The molecule has 26 heavy (non-hydrogen) atoms. The number of anilines is 1. The monoisotopic (exact) mass is 361 g/mol. The number of rotatable bonds is 7. The number of halogens is 1. The molecule has 2 aromatic rings. The summed E-state index contributed by atoms with van der Waals surface area (Å²) in [5, 5.41) is 2.74. The first-order chi connectivity index (χ1) is 12.7. The van der Waals surface area contributed by atoms with Crippen molar-refractivity contribution < 1.29 is 18.3 Å². The fraction of sp³-hybridized carbons (Fsp3) is 0.421. The van der Waals surface area contributed by atoms with Crippen LogP contribution in [0.1, 0.15) is 16.3 Å². The molecule has 0 unspecified atom stereocenters. The summed E-state index contributed by atoms with van der Waals surface area (Å²) in [6, 6.07) is 10.1. The van der Waals surface area contributed by atoms with Gasteiger partial charge in [0.25, 0.3) is 5.91 Å². The second kappa shape index (κ2) is 8.82. The number of piperazine rings is 1. The van der Waals surface area contributed by atoms with Crippen LogP contribution in [-0.4, -0.2) is 57.2 Å². The quantitative estimate of drug-likeness (QED) is 0.766. The first-order valence-corrected chi connectivity index (χ1v) is 8.74. The molecule has 0 aliphatic carbocycles. The molecule has 6 nitrogen and oxygen atoms in total. The lowest BCUT2D eigenvalue weighted by molar-refractivity contribution is 0.0905. The first kappa shape index (κ1) is 18.4. The van der Waals surface area contributed by atoms with Crippen molar-refractivity contribution in [3.05, 3.63) is 53.7 Å². The van der Waals surface area contributed by atoms with Crippen LogP contribution in [0.4, 0.5) is 10.1 Å². The number of furan rings is 1. The highest BCUT2D eigenvalue weighted by Gasteiger charge is 2.19. The predicted octanol–water partition coefficient (Wildman–Crippen LogP) is 2.12. The Balaban J connectivity index is 1.47. The van der Waals surface area contributed by atoms with Gasteiger partial charge in [-0.15, -0.1) is 0 Å². The maximum atomic E-state index is 13.0. The van der Waals surface area contributed by atoms with Gasteiger partial charge in [0, 0.05) is 45.5 Å². The molecule has 2 heterocycles. The minimum atomic E-state index is -0.227. The summed E-state index contributed by atoms with van der Waals surface area (Å²) < 4.78 is 23.6. The van der Waals surface area contributed by atoms with E-state index in [2.05, 4.69) is 15.1 Å². The van der Waals surface area contributed by atoms with Gasteiger partial charge in [-0.25, -0.2) is 4.39 Å². The van der Waals surface area contributed by atoms with Gasteiger partial charge < -0.3 is 19.4 Å². The highest BCUT2D eigenvalue weighted by molar-refractivity contribution is 5.91. The third-order valence-electron chi connectivity index (χ3n) is 4.42. The van der Waals surface area contributed by atoms with Crippen LogP contribution in [0.3, 0.4) is 0 Å². The lowest BCUT2D eigenvalue weighted by Crippen LogP contribution is -2.45. The number of carbonyl (C=O) groups excluding carboxylic acids is 1. The summed E-state index contributed by atoms with van der Waals surface area (Å²) in [5.74, 6) is 0.653. The minimum absolute atomic E-state index is 0.215. The zero-order chi connectivity index (χ0) is 18.4. The molecule has 1 N–H and O–H groups in total. The molecular formula is C19H24FN3O3. The van der Waals surface area contributed by atoms with Crippen LogP contribution in [0, 0.1) is 5.82 Å². The van der Waals surface area contributed by atoms with Gasteiger partial charge in [-0.3, -0.25) is 9.69 Å². The van der Waals surface area contributed by atoms with Crippen LogP contribution in [0.15, 0.2) is 40.8 Å². The van der Waals surface area contributed by atoms with Crippen molar-refractivity contribution in [3.8, 4) is 0 Å². The largest absolute Gasteiger partial charge is 0.455 e. The summed E-state index contributed by atoms with van der Waals surface area (Å²) in [4.78, 5) is 16.5. The summed E-state index contributed by atoms with van der Waals surface area (Å²) in [7, 11) is 1.59. The van der Waals surface area contributed by atoms with E-state index in [1.165, 1.54) is 12.1 Å². The molecule has 0 spiro atoms. The number of benzene rings is 1. The fourth-order valence-electron chi connectivity index (χ4n) is 2.98. The number of amides is 1. The highest BCUT2D eigenvalue weighted by Crippen LogP contribution is 2.18. The molecule has 0 saturated carbocycles. The van der Waals surface area contributed by atoms with E-state index in [1.807, 2.05) is 18.2 Å². The van der Waals surface area contributed by atoms with Gasteiger partial charge >= 0.3 is 0 Å². The SMILES string of the molecule is COCCNC(=O)c1ccc(CN2CCN(c3ccc(F)cc3)CC2)o1. The van der Waals surface area contributed by atoms with E-state index >= 15 is 0 Å². The molecule has 1 aromatic heterocycles. The number of nitrogens with one attached hydrogen (secondary N) is 1. The number of methoxy groups -OCH3 is 1. The van der Waals surface area contributed by atoms with Crippen molar-refractivity contribution in [2.45, 2.75) is 6.54 Å². The predicted molar refractivity (Wildman–Crippen MR) is 96.8 cm³/mol. The van der Waals surface area contributed by atoms with Gasteiger partial charge in [0.1, 0.15) is 11.6 Å². The van der Waals surface area contributed by atoms with Crippen molar-refractivity contribution in [2.24, 2.45) is 0 Å². The summed E-state index contributed by atoms with van der Waals surface area (Å²) in [6.07, 6.45) is 0. The van der Waals surface area contributed by atoms with E-state index in [-0.39, 0.29) is 11.7 Å². The number of nitrogens with zero attached hydrogens (tertiary/aromatic N) is 2. The molecule has 1 amide bonds. The van der Waals surface area contributed by atoms with Gasteiger partial charge in [0.05, 0.1) is 13.2 Å². The van der Waals surface area contributed by atoms with E-state index in [0.717, 1.165) is 37.6 Å². The van der Waals surface area contributed by atoms with Crippen molar-refractivity contribution in [3.63, 3.8) is 0 Å². The molecule has 0 atom stereocenters. The van der Waals surface area contributed by atoms with Crippen LogP contribution >= 0.6 is 0 Å². The molecule has 1 aliphatic rings. The van der Waals surface area contributed by atoms with Crippen LogP contribution in [0.25, 0.3) is 0 Å². The van der Waals surface area contributed by atoms with Crippen molar-refractivity contribution in [2.75, 3.05) is 51.3 Å². The number of hydrogen-bond donors (Lipinski definition) is 1. The van der Waals surface area contributed by atoms with Crippen molar-refractivity contribution >= 4 is 11.6 Å². The Labute approximate surface area is 152 Å². The van der Waals surface area contributed by atoms with Crippen LogP contribution in [0.5, 0.6) is 0 Å². The lowest BCUT2D eigenvalue weighted by Gasteiger charge is -2.35. The van der Waals surface area contributed by atoms with E-state index in [1.54, 1.807) is 13.2 Å². The Morgan fingerprint density at radius 3 is 2.58 bits per heavy atom. The lowest BCUT2D eigenvalue weighted by atomic mass is 10.2. The smallest absolute Gasteiger partial charge is 0.287 e. The van der Waals surface area contributed by atoms with Crippen molar-refractivity contribution in [1.29, 1.82) is 0 Å². The molecule has 140 valence electrons. The maximum Gasteiger partial charge on any atom is 0.287 e. The topological polar surface area (TPSA) is 58.0 Å². The summed E-state index contributed by atoms with van der Waals surface area (Å²) in [6.45, 7) is 5.10. The molecule has 1 saturated heterocycles. The Hall–Kier alpha value is -2.38. The summed E-state index contributed by atoms with van der Waals surface area (Å²) in [5.41, 5.74) is 1.04. The molecular weight excluding hydrogens is 337 g/mol. The highest BCUT2D eigenvalue weighted by atomic mass is 19.1. The van der Waals surface area contributed by atoms with E-state index in [9.17, 15) is 9.18 Å². The van der Waals surface area contributed by atoms with Crippen LogP contribution in [-0.2, 0) is 11.3 Å². The van der Waals surface area contributed by atoms with Gasteiger partial charge in [0.15, 0.2) is 5.76 Å². The van der Waals surface area contributed by atoms with Gasteiger partial charge in [-0.1, -0.05) is 0 Å². The minimum Gasteiger partial charge on any atom is -0.455 e. The maximum absolute atomic E-state index is 13.0. The molecule has 7 heteroatoms. The third-order valence-corrected chi connectivity index (χ3v) is 4.42. The standard InChI is InChI=1S/C19H24FN3O3/c1-25-13-8-21-19(24)18-7-6-17(26-18)14-22-9-11-23(12-10-22)16-4-2-15(20)3-5-16/h2-7H,8-14H2,1H3,(H,21,24). The fourth-order valence-corrected chi connectivity index (χ4v) is 2.98. The second-order valence-corrected chi connectivity index (χ2v) is 6.25. The van der Waals surface area contributed by atoms with Gasteiger partial charge in [0.2, 0.25) is 0 Å². The zero-order valence-corrected chi connectivity index (χ0v) is 14.9. The van der Waals surface area contributed by atoms with Gasteiger partial charge in [-0.05, 0) is 36.4 Å². The van der Waals surface area contributed by atoms with Crippen LogP contribution < -0.4 is 10.2 Å². The van der Waals surface area contributed by atoms with E-state index in [4.69, 9.17) is 9.15 Å². The molecule has 1 fully saturated rings. The molecule has 3 rings (SSSR count). The second-order valence-electron chi connectivity index (χ2n) is 6.25. The Kier molecular flexibility index (Phi) is 6.25. The van der Waals surface area contributed by atoms with Gasteiger partial charge in [-0.2, -0.15) is 0 Å². The number of carbonyl (C=O) groups is 1. The Morgan fingerprint density at radius 1 is 1.15 bits per heavy atom. The van der Waals surface area contributed by atoms with E-state index in [0.29, 0.717) is 25.5 Å². The third kappa shape index (κ3) is 4.83. The Morgan fingerprint density at radius 2 is 1.88 bits per heavy atom. The molecule has 1 aliphatic heterocycles. The summed E-state index contributed by atoms with van der Waals surface area (Å²) >= 11 is 0. The number of hydrogen-bond acceptors (Lipinski definition) is 5. The first-order valence-electron chi connectivity index (χ1n) is 8.74. The average Bonchev–Trinajstić information content (AvgIpc) is 3.12. The van der Waals surface area contributed by atoms with E-state index < -0.39 is 0 Å². The molecule has 0 bridgehead atoms. The average molecular weight is 361 g/mol. The normalized spacial score (nSPS) is 15.2. The molecule has 1 aromatic carbocycles. The Bertz CT molecular complexity index is 709. The van der Waals surface area contributed by atoms with Crippen molar-refractivity contribution in [1.82, 2.24) is 10.2 Å². The molecule has 0 radical (unpaired) electrons.